The summed E-state index contributed by atoms with van der Waals surface area (Å²) < 4.78 is 0. The van der Waals surface area contributed by atoms with Crippen LogP contribution in [0.2, 0.25) is 0 Å². The van der Waals surface area contributed by atoms with Crippen molar-refractivity contribution < 1.29 is 9.59 Å². The monoisotopic (exact) mass is 344 g/mol. The molecule has 0 aromatic heterocycles. The first-order valence-corrected chi connectivity index (χ1v) is 9.27. The molecule has 2 unspecified atom stereocenters. The Balaban J connectivity index is 1.55. The first kappa shape index (κ1) is 17.6. The normalized spacial score (nSPS) is 22.8. The lowest BCUT2D eigenvalue weighted by molar-refractivity contribution is -0.118. The van der Waals surface area contributed by atoms with Gasteiger partial charge in [0.25, 0.3) is 0 Å². The maximum absolute atomic E-state index is 12.3. The molecule has 0 radical (unpaired) electrons. The second-order valence-corrected chi connectivity index (χ2v) is 7.26. The lowest BCUT2D eigenvalue weighted by Gasteiger charge is -2.32. The van der Waals surface area contributed by atoms with Gasteiger partial charge in [0.05, 0.1) is 6.54 Å². The molecule has 3 rings (SSSR count). The van der Waals surface area contributed by atoms with Crippen LogP contribution in [0.3, 0.4) is 0 Å². The lowest BCUT2D eigenvalue weighted by Crippen LogP contribution is -2.50. The molecule has 136 valence electrons. The van der Waals surface area contributed by atoms with Crippen molar-refractivity contribution in [3.05, 3.63) is 23.8 Å². The molecule has 3 amide bonds. The number of nitrogens with two attached hydrogens (primary N) is 1. The quantitative estimate of drug-likeness (QED) is 0.735. The summed E-state index contributed by atoms with van der Waals surface area (Å²) in [6.45, 7) is 3.12. The Morgan fingerprint density at radius 3 is 2.84 bits per heavy atom. The number of urea groups is 1. The topological polar surface area (TPSA) is 87.5 Å². The molecule has 0 saturated heterocycles. The summed E-state index contributed by atoms with van der Waals surface area (Å²) in [5, 5.41) is 5.43. The molecule has 1 aliphatic carbocycles. The second-order valence-electron chi connectivity index (χ2n) is 7.26. The van der Waals surface area contributed by atoms with Gasteiger partial charge in [-0.1, -0.05) is 25.8 Å². The number of amides is 3. The summed E-state index contributed by atoms with van der Waals surface area (Å²) in [6.07, 6.45) is 6.36. The van der Waals surface area contributed by atoms with E-state index in [9.17, 15) is 9.59 Å². The molecule has 25 heavy (non-hydrogen) atoms. The van der Waals surface area contributed by atoms with Crippen LogP contribution in [0, 0.1) is 5.92 Å². The van der Waals surface area contributed by atoms with Crippen LogP contribution in [0.5, 0.6) is 0 Å². The molecule has 6 heteroatoms. The number of carbonyl (C=O) groups excluding carboxylic acids is 2. The number of benzene rings is 1. The van der Waals surface area contributed by atoms with Crippen LogP contribution in [0.25, 0.3) is 0 Å². The molecule has 1 saturated carbocycles. The maximum Gasteiger partial charge on any atom is 0.321 e. The Bertz CT molecular complexity index is 646. The van der Waals surface area contributed by atoms with Gasteiger partial charge in [-0.15, -0.1) is 0 Å². The minimum Gasteiger partial charge on any atom is -0.398 e. The van der Waals surface area contributed by atoms with E-state index in [0.29, 0.717) is 5.92 Å². The van der Waals surface area contributed by atoms with Crippen LogP contribution >= 0.6 is 0 Å². The summed E-state index contributed by atoms with van der Waals surface area (Å²) >= 11 is 0. The number of carbonyl (C=O) groups is 2. The third kappa shape index (κ3) is 4.24. The number of nitrogens with one attached hydrogen (secondary N) is 2. The van der Waals surface area contributed by atoms with Crippen LogP contribution in [0.1, 0.15) is 44.6 Å². The zero-order valence-electron chi connectivity index (χ0n) is 14.9. The largest absolute Gasteiger partial charge is 0.398 e. The number of anilines is 2. The van der Waals surface area contributed by atoms with Crippen molar-refractivity contribution in [2.24, 2.45) is 5.92 Å². The van der Waals surface area contributed by atoms with E-state index < -0.39 is 0 Å². The standard InChI is InChI=1S/C19H28N4O2/c1-13-6-2-3-9-16(13)21-19(25)22-18(24)12-23-11-5-7-14-15(20)8-4-10-17(14)23/h4,8,10,13,16H,2-3,5-7,9,11-12,20H2,1H3,(H2,21,22,24,25). The number of hydrogen-bond donors (Lipinski definition) is 3. The van der Waals surface area contributed by atoms with Crippen molar-refractivity contribution in [3.8, 4) is 0 Å². The predicted molar refractivity (Wildman–Crippen MR) is 99.5 cm³/mol. The van der Waals surface area contributed by atoms with Gasteiger partial charge >= 0.3 is 6.03 Å². The van der Waals surface area contributed by atoms with E-state index >= 15 is 0 Å². The van der Waals surface area contributed by atoms with Gasteiger partial charge in [0.2, 0.25) is 5.91 Å². The van der Waals surface area contributed by atoms with E-state index in [1.165, 1.54) is 6.42 Å². The molecule has 6 nitrogen and oxygen atoms in total. The number of fused-ring (bicyclic) bond motifs is 1. The zero-order valence-corrected chi connectivity index (χ0v) is 14.9. The van der Waals surface area contributed by atoms with Gasteiger partial charge in [-0.05, 0) is 49.3 Å². The van der Waals surface area contributed by atoms with Crippen LogP contribution in [-0.4, -0.2) is 31.1 Å². The number of hydrogen-bond acceptors (Lipinski definition) is 4. The highest BCUT2D eigenvalue weighted by atomic mass is 16.2. The van der Waals surface area contributed by atoms with Crippen molar-refractivity contribution in [3.63, 3.8) is 0 Å². The third-order valence-electron chi connectivity index (χ3n) is 5.40. The first-order valence-electron chi connectivity index (χ1n) is 9.27. The molecular weight excluding hydrogens is 316 g/mol. The highest BCUT2D eigenvalue weighted by molar-refractivity contribution is 5.96. The van der Waals surface area contributed by atoms with E-state index in [0.717, 1.165) is 55.6 Å². The van der Waals surface area contributed by atoms with Gasteiger partial charge < -0.3 is 16.0 Å². The second kappa shape index (κ2) is 7.76. The minimum atomic E-state index is -0.381. The zero-order chi connectivity index (χ0) is 17.8. The number of rotatable bonds is 3. The van der Waals surface area contributed by atoms with Crippen molar-refractivity contribution in [1.29, 1.82) is 0 Å². The highest BCUT2D eigenvalue weighted by Crippen LogP contribution is 2.30. The molecule has 4 N–H and O–H groups in total. The number of nitrogen functional groups attached to an aromatic ring is 1. The van der Waals surface area contributed by atoms with Gasteiger partial charge in [-0.25, -0.2) is 4.79 Å². The van der Waals surface area contributed by atoms with E-state index in [1.54, 1.807) is 0 Å². The fourth-order valence-electron chi connectivity index (χ4n) is 3.97. The Hall–Kier alpha value is -2.24. The Morgan fingerprint density at radius 1 is 1.24 bits per heavy atom. The summed E-state index contributed by atoms with van der Waals surface area (Å²) in [6, 6.07) is 5.57. The predicted octanol–water partition coefficient (Wildman–Crippen LogP) is 2.43. The highest BCUT2D eigenvalue weighted by Gasteiger charge is 2.25. The van der Waals surface area contributed by atoms with Gasteiger partial charge in [0, 0.05) is 24.0 Å². The fraction of sp³-hybridized carbons (Fsp3) is 0.579. The van der Waals surface area contributed by atoms with Crippen molar-refractivity contribution in [2.75, 3.05) is 23.7 Å². The van der Waals surface area contributed by atoms with Crippen molar-refractivity contribution in [2.45, 2.75) is 51.5 Å². The lowest BCUT2D eigenvalue weighted by atomic mass is 9.86. The van der Waals surface area contributed by atoms with E-state index in [4.69, 9.17) is 5.73 Å². The number of imide groups is 1. The Morgan fingerprint density at radius 2 is 2.04 bits per heavy atom. The summed E-state index contributed by atoms with van der Waals surface area (Å²) in [5.41, 5.74) is 8.91. The molecular formula is C19H28N4O2. The maximum atomic E-state index is 12.3. The number of nitrogens with zero attached hydrogens (tertiary/aromatic N) is 1. The average Bonchev–Trinajstić information content (AvgIpc) is 2.58. The van der Waals surface area contributed by atoms with Gasteiger partial charge in [-0.3, -0.25) is 10.1 Å². The van der Waals surface area contributed by atoms with Crippen molar-refractivity contribution in [1.82, 2.24) is 10.6 Å². The third-order valence-corrected chi connectivity index (χ3v) is 5.40. The van der Waals surface area contributed by atoms with Gasteiger partial charge in [0.1, 0.15) is 0 Å². The molecule has 0 spiro atoms. The Labute approximate surface area is 149 Å². The molecule has 0 bridgehead atoms. The van der Waals surface area contributed by atoms with Crippen LogP contribution < -0.4 is 21.3 Å². The van der Waals surface area contributed by atoms with E-state index in [-0.39, 0.29) is 24.5 Å². The minimum absolute atomic E-state index is 0.164. The summed E-state index contributed by atoms with van der Waals surface area (Å²) in [7, 11) is 0. The molecule has 1 aliphatic heterocycles. The van der Waals surface area contributed by atoms with E-state index in [1.807, 2.05) is 23.1 Å². The first-order chi connectivity index (χ1) is 12.0. The van der Waals surface area contributed by atoms with Crippen LogP contribution in [-0.2, 0) is 11.2 Å². The molecule has 2 atom stereocenters. The summed E-state index contributed by atoms with van der Waals surface area (Å²) in [4.78, 5) is 26.4. The molecule has 1 aromatic carbocycles. The molecule has 1 heterocycles. The van der Waals surface area contributed by atoms with Crippen LogP contribution in [0.4, 0.5) is 16.2 Å². The summed E-state index contributed by atoms with van der Waals surface area (Å²) in [5.74, 6) is 0.183. The van der Waals surface area contributed by atoms with Gasteiger partial charge in [0.15, 0.2) is 0 Å². The Kier molecular flexibility index (Phi) is 5.46. The molecule has 1 fully saturated rings. The van der Waals surface area contributed by atoms with Gasteiger partial charge in [-0.2, -0.15) is 0 Å². The molecule has 2 aliphatic rings. The van der Waals surface area contributed by atoms with E-state index in [2.05, 4.69) is 17.6 Å². The van der Waals surface area contributed by atoms with Crippen molar-refractivity contribution >= 4 is 23.3 Å². The fourth-order valence-corrected chi connectivity index (χ4v) is 3.97. The average molecular weight is 344 g/mol. The molecule has 1 aromatic rings. The SMILES string of the molecule is CC1CCCCC1NC(=O)NC(=O)CN1CCCc2c(N)cccc21. The van der Waals surface area contributed by atoms with Crippen LogP contribution in [0.15, 0.2) is 18.2 Å². The smallest absolute Gasteiger partial charge is 0.321 e.